The number of fused-ring (bicyclic) bond motifs is 1. The van der Waals surface area contributed by atoms with Crippen LogP contribution in [0.2, 0.25) is 0 Å². The lowest BCUT2D eigenvalue weighted by Crippen LogP contribution is -2.57. The van der Waals surface area contributed by atoms with Crippen molar-refractivity contribution in [3.63, 3.8) is 0 Å². The van der Waals surface area contributed by atoms with Gasteiger partial charge in [-0.15, -0.1) is 0 Å². The Balaban J connectivity index is 1.91. The summed E-state index contributed by atoms with van der Waals surface area (Å²) in [6.45, 7) is 4.66. The van der Waals surface area contributed by atoms with Crippen molar-refractivity contribution in [3.8, 4) is 0 Å². The number of sulfonamides is 1. The maximum absolute atomic E-state index is 12.8. The van der Waals surface area contributed by atoms with Gasteiger partial charge in [0.25, 0.3) is 0 Å². The number of rotatable bonds is 3. The summed E-state index contributed by atoms with van der Waals surface area (Å²) >= 11 is 0. The molecule has 0 saturated carbocycles. The van der Waals surface area contributed by atoms with E-state index in [1.54, 1.807) is 22.6 Å². The van der Waals surface area contributed by atoms with E-state index in [1.807, 2.05) is 0 Å². The van der Waals surface area contributed by atoms with Crippen molar-refractivity contribution in [2.75, 3.05) is 19.6 Å². The SMILES string of the molecule is CC[C@@H]1CN2CCC[C@@H]2CN1S(=O)(=O)c1cccnc1. The van der Waals surface area contributed by atoms with Gasteiger partial charge in [-0.1, -0.05) is 6.92 Å². The summed E-state index contributed by atoms with van der Waals surface area (Å²) in [5.74, 6) is 0. The van der Waals surface area contributed by atoms with Gasteiger partial charge < -0.3 is 0 Å². The van der Waals surface area contributed by atoms with Gasteiger partial charge in [0, 0.05) is 37.6 Å². The van der Waals surface area contributed by atoms with Gasteiger partial charge in [-0.05, 0) is 37.9 Å². The molecule has 110 valence electrons. The van der Waals surface area contributed by atoms with Gasteiger partial charge in [0.1, 0.15) is 4.90 Å². The minimum Gasteiger partial charge on any atom is -0.297 e. The van der Waals surface area contributed by atoms with Gasteiger partial charge in [0.05, 0.1) is 0 Å². The highest BCUT2D eigenvalue weighted by Crippen LogP contribution is 2.29. The molecule has 2 aliphatic heterocycles. The van der Waals surface area contributed by atoms with E-state index in [1.165, 1.54) is 12.6 Å². The Hall–Kier alpha value is -0.980. The average Bonchev–Trinajstić information content (AvgIpc) is 2.94. The van der Waals surface area contributed by atoms with E-state index in [-0.39, 0.29) is 6.04 Å². The molecule has 2 atom stereocenters. The fourth-order valence-corrected chi connectivity index (χ4v) is 5.01. The van der Waals surface area contributed by atoms with Gasteiger partial charge in [-0.2, -0.15) is 4.31 Å². The molecule has 1 aromatic heterocycles. The lowest BCUT2D eigenvalue weighted by molar-refractivity contribution is 0.106. The van der Waals surface area contributed by atoms with Crippen molar-refractivity contribution in [3.05, 3.63) is 24.5 Å². The predicted molar refractivity (Wildman–Crippen MR) is 76.8 cm³/mol. The molecule has 2 aliphatic rings. The van der Waals surface area contributed by atoms with E-state index in [2.05, 4.69) is 16.8 Å². The fraction of sp³-hybridized carbons (Fsp3) is 0.643. The van der Waals surface area contributed by atoms with Crippen LogP contribution in [-0.2, 0) is 10.0 Å². The highest BCUT2D eigenvalue weighted by Gasteiger charge is 2.41. The highest BCUT2D eigenvalue weighted by atomic mass is 32.2. The summed E-state index contributed by atoms with van der Waals surface area (Å²) in [6.07, 6.45) is 6.19. The molecule has 3 rings (SSSR count). The topological polar surface area (TPSA) is 53.5 Å². The number of piperazine rings is 1. The number of pyridine rings is 1. The monoisotopic (exact) mass is 295 g/mol. The van der Waals surface area contributed by atoms with Gasteiger partial charge in [-0.25, -0.2) is 8.42 Å². The molecule has 0 aromatic carbocycles. The molecule has 5 nitrogen and oxygen atoms in total. The lowest BCUT2D eigenvalue weighted by atomic mass is 10.1. The Morgan fingerprint density at radius 2 is 2.25 bits per heavy atom. The third-order valence-electron chi connectivity index (χ3n) is 4.45. The third kappa shape index (κ3) is 2.36. The summed E-state index contributed by atoms with van der Waals surface area (Å²) in [7, 11) is -3.42. The Morgan fingerprint density at radius 3 is 2.95 bits per heavy atom. The Bertz CT molecular complexity index is 561. The fourth-order valence-electron chi connectivity index (χ4n) is 3.32. The second-order valence-electron chi connectivity index (χ2n) is 5.62. The molecule has 0 radical (unpaired) electrons. The zero-order valence-electron chi connectivity index (χ0n) is 11.8. The standard InChI is InChI=1S/C14H21N3O2S/c1-2-12-10-16-8-4-5-13(16)11-17(12)20(18,19)14-6-3-7-15-9-14/h3,6-7,9,12-13H,2,4-5,8,10-11H2,1H3/t12-,13-/m1/s1. The Labute approximate surface area is 120 Å². The van der Waals surface area contributed by atoms with E-state index in [9.17, 15) is 8.42 Å². The molecule has 3 heterocycles. The summed E-state index contributed by atoms with van der Waals surface area (Å²) in [4.78, 5) is 6.70. The first-order chi connectivity index (χ1) is 9.63. The van der Waals surface area contributed by atoms with Gasteiger partial charge in [0.2, 0.25) is 10.0 Å². The highest BCUT2D eigenvalue weighted by molar-refractivity contribution is 7.89. The molecular formula is C14H21N3O2S. The number of nitrogens with zero attached hydrogens (tertiary/aromatic N) is 3. The van der Waals surface area contributed by atoms with Gasteiger partial charge >= 0.3 is 0 Å². The molecule has 0 spiro atoms. The van der Waals surface area contributed by atoms with Crippen LogP contribution in [0.25, 0.3) is 0 Å². The lowest BCUT2D eigenvalue weighted by Gasteiger charge is -2.42. The summed E-state index contributed by atoms with van der Waals surface area (Å²) in [5.41, 5.74) is 0. The van der Waals surface area contributed by atoms with Crippen molar-refractivity contribution < 1.29 is 8.42 Å². The van der Waals surface area contributed by atoms with Crippen molar-refractivity contribution in [2.45, 2.75) is 43.2 Å². The van der Waals surface area contributed by atoms with Crippen LogP contribution >= 0.6 is 0 Å². The molecule has 0 N–H and O–H groups in total. The summed E-state index contributed by atoms with van der Waals surface area (Å²) < 4.78 is 27.3. The number of aromatic nitrogens is 1. The molecular weight excluding hydrogens is 274 g/mol. The van der Waals surface area contributed by atoms with E-state index in [0.29, 0.717) is 17.5 Å². The predicted octanol–water partition coefficient (Wildman–Crippen LogP) is 1.33. The first kappa shape index (κ1) is 14.0. The van der Waals surface area contributed by atoms with E-state index >= 15 is 0 Å². The van der Waals surface area contributed by atoms with E-state index in [0.717, 1.165) is 25.9 Å². The van der Waals surface area contributed by atoms with Crippen LogP contribution in [0.3, 0.4) is 0 Å². The van der Waals surface area contributed by atoms with Crippen LogP contribution in [0.4, 0.5) is 0 Å². The van der Waals surface area contributed by atoms with E-state index < -0.39 is 10.0 Å². The van der Waals surface area contributed by atoms with Crippen LogP contribution in [0.5, 0.6) is 0 Å². The second kappa shape index (κ2) is 5.42. The van der Waals surface area contributed by atoms with Crippen LogP contribution in [0.1, 0.15) is 26.2 Å². The van der Waals surface area contributed by atoms with Crippen molar-refractivity contribution >= 4 is 10.0 Å². The molecule has 1 aromatic rings. The summed E-state index contributed by atoms with van der Waals surface area (Å²) in [5, 5.41) is 0. The molecule has 0 amide bonds. The zero-order valence-corrected chi connectivity index (χ0v) is 12.6. The second-order valence-corrected chi connectivity index (χ2v) is 7.51. The van der Waals surface area contributed by atoms with Crippen molar-refractivity contribution in [1.29, 1.82) is 0 Å². The first-order valence-electron chi connectivity index (χ1n) is 7.29. The third-order valence-corrected chi connectivity index (χ3v) is 6.36. The number of hydrogen-bond donors (Lipinski definition) is 0. The van der Waals surface area contributed by atoms with Crippen LogP contribution in [0, 0.1) is 0 Å². The van der Waals surface area contributed by atoms with Crippen LogP contribution in [-0.4, -0.2) is 54.3 Å². The maximum Gasteiger partial charge on any atom is 0.244 e. The van der Waals surface area contributed by atoms with Crippen LogP contribution < -0.4 is 0 Å². The average molecular weight is 295 g/mol. The molecule has 0 aliphatic carbocycles. The molecule has 2 fully saturated rings. The minimum atomic E-state index is -3.42. The Morgan fingerprint density at radius 1 is 1.40 bits per heavy atom. The smallest absolute Gasteiger partial charge is 0.244 e. The van der Waals surface area contributed by atoms with Gasteiger partial charge in [-0.3, -0.25) is 9.88 Å². The largest absolute Gasteiger partial charge is 0.297 e. The summed E-state index contributed by atoms with van der Waals surface area (Å²) in [6, 6.07) is 3.79. The molecule has 0 unspecified atom stereocenters. The van der Waals surface area contributed by atoms with E-state index in [4.69, 9.17) is 0 Å². The zero-order chi connectivity index (χ0) is 14.2. The molecule has 2 saturated heterocycles. The normalized spacial score (nSPS) is 28.4. The van der Waals surface area contributed by atoms with Gasteiger partial charge in [0.15, 0.2) is 0 Å². The first-order valence-corrected chi connectivity index (χ1v) is 8.73. The maximum atomic E-state index is 12.8. The molecule has 0 bridgehead atoms. The van der Waals surface area contributed by atoms with Crippen LogP contribution in [0.15, 0.2) is 29.4 Å². The number of hydrogen-bond acceptors (Lipinski definition) is 4. The quantitative estimate of drug-likeness (QED) is 0.844. The van der Waals surface area contributed by atoms with Crippen molar-refractivity contribution in [2.24, 2.45) is 0 Å². The molecule has 6 heteroatoms. The Kier molecular flexibility index (Phi) is 3.79. The molecule has 20 heavy (non-hydrogen) atoms. The minimum absolute atomic E-state index is 0.0783. The van der Waals surface area contributed by atoms with Crippen molar-refractivity contribution in [1.82, 2.24) is 14.2 Å².